The zero-order valence-corrected chi connectivity index (χ0v) is 14.7. The molecule has 0 aromatic heterocycles. The highest BCUT2D eigenvalue weighted by atomic mass is 16.6. The van der Waals surface area contributed by atoms with Gasteiger partial charge in [0.2, 0.25) is 0 Å². The summed E-state index contributed by atoms with van der Waals surface area (Å²) in [5.41, 5.74) is 2.22. The van der Waals surface area contributed by atoms with Crippen molar-refractivity contribution in [2.45, 2.75) is 83.5 Å². The molecule has 1 aliphatic heterocycles. The third-order valence-electron chi connectivity index (χ3n) is 6.24. The van der Waals surface area contributed by atoms with Crippen molar-refractivity contribution in [2.75, 3.05) is 0 Å². The number of ether oxygens (including phenoxy) is 1. The van der Waals surface area contributed by atoms with Crippen LogP contribution in [0.2, 0.25) is 0 Å². The lowest BCUT2D eigenvalue weighted by Gasteiger charge is -2.48. The van der Waals surface area contributed by atoms with Crippen molar-refractivity contribution in [3.63, 3.8) is 0 Å². The Bertz CT molecular complexity index is 492. The van der Waals surface area contributed by atoms with E-state index in [9.17, 15) is 5.11 Å². The van der Waals surface area contributed by atoms with Gasteiger partial charge in [-0.1, -0.05) is 44.6 Å². The lowest BCUT2D eigenvalue weighted by atomic mass is 9.61. The van der Waals surface area contributed by atoms with E-state index in [1.165, 1.54) is 11.1 Å². The summed E-state index contributed by atoms with van der Waals surface area (Å²) in [6, 6.07) is 0. The van der Waals surface area contributed by atoms with Crippen molar-refractivity contribution >= 4 is 0 Å². The van der Waals surface area contributed by atoms with Gasteiger partial charge in [-0.05, 0) is 57.3 Å². The second kappa shape index (κ2) is 5.49. The molecule has 5 atom stereocenters. The van der Waals surface area contributed by atoms with Crippen LogP contribution in [0.3, 0.4) is 0 Å². The molecular formula is C20H32O2. The van der Waals surface area contributed by atoms with Crippen molar-refractivity contribution in [1.29, 1.82) is 0 Å². The van der Waals surface area contributed by atoms with Gasteiger partial charge in [-0.2, -0.15) is 0 Å². The molecule has 124 valence electrons. The number of epoxide rings is 1. The molecule has 0 aromatic carbocycles. The van der Waals surface area contributed by atoms with Gasteiger partial charge in [0.25, 0.3) is 0 Å². The van der Waals surface area contributed by atoms with Crippen molar-refractivity contribution in [1.82, 2.24) is 0 Å². The van der Waals surface area contributed by atoms with Crippen LogP contribution in [0.15, 0.2) is 23.8 Å². The summed E-state index contributed by atoms with van der Waals surface area (Å²) in [4.78, 5) is 0. The van der Waals surface area contributed by atoms with Crippen molar-refractivity contribution in [3.05, 3.63) is 23.8 Å². The maximum Gasteiger partial charge on any atom is 0.0923 e. The Morgan fingerprint density at radius 1 is 1.36 bits per heavy atom. The molecule has 0 aromatic rings. The third kappa shape index (κ3) is 2.92. The Morgan fingerprint density at radius 3 is 2.73 bits per heavy atom. The van der Waals surface area contributed by atoms with Crippen molar-refractivity contribution in [2.24, 2.45) is 17.8 Å². The fourth-order valence-electron chi connectivity index (χ4n) is 4.52. The number of hydrogen-bond acceptors (Lipinski definition) is 2. The van der Waals surface area contributed by atoms with E-state index in [1.807, 2.05) is 0 Å². The van der Waals surface area contributed by atoms with Crippen LogP contribution in [0.4, 0.5) is 0 Å². The highest BCUT2D eigenvalue weighted by Crippen LogP contribution is 2.51. The summed E-state index contributed by atoms with van der Waals surface area (Å²) >= 11 is 0. The van der Waals surface area contributed by atoms with Gasteiger partial charge in [0, 0.05) is 5.92 Å². The molecule has 2 nitrogen and oxygen atoms in total. The van der Waals surface area contributed by atoms with E-state index in [4.69, 9.17) is 4.74 Å². The first kappa shape index (κ1) is 16.3. The average Bonchev–Trinajstić information content (AvgIpc) is 3.05. The fourth-order valence-corrected chi connectivity index (χ4v) is 4.52. The molecule has 0 spiro atoms. The number of hydrogen-bond donors (Lipinski definition) is 1. The van der Waals surface area contributed by atoms with Gasteiger partial charge < -0.3 is 9.84 Å². The normalized spacial score (nSPS) is 48.2. The first-order valence-electron chi connectivity index (χ1n) is 9.02. The number of fused-ring (bicyclic) bond motifs is 2. The molecule has 0 amide bonds. The summed E-state index contributed by atoms with van der Waals surface area (Å²) in [6.45, 7) is 13.2. The lowest BCUT2D eigenvalue weighted by molar-refractivity contribution is -0.0517. The Morgan fingerprint density at radius 2 is 2.09 bits per heavy atom. The molecule has 1 saturated heterocycles. The minimum atomic E-state index is -0.552. The molecule has 2 heteroatoms. The Kier molecular flexibility index (Phi) is 4.06. The predicted molar refractivity (Wildman–Crippen MR) is 90.6 cm³/mol. The smallest absolute Gasteiger partial charge is 0.0923 e. The van der Waals surface area contributed by atoms with Crippen LogP contribution in [0.25, 0.3) is 0 Å². The van der Waals surface area contributed by atoms with Crippen LogP contribution >= 0.6 is 0 Å². The quantitative estimate of drug-likeness (QED) is 0.566. The number of rotatable bonds is 1. The number of aliphatic hydroxyl groups is 1. The summed E-state index contributed by atoms with van der Waals surface area (Å²) in [6.07, 6.45) is 8.93. The van der Waals surface area contributed by atoms with Crippen LogP contribution < -0.4 is 0 Å². The summed E-state index contributed by atoms with van der Waals surface area (Å²) in [5, 5.41) is 11.0. The molecule has 0 bridgehead atoms. The van der Waals surface area contributed by atoms with Gasteiger partial charge in [-0.15, -0.1) is 0 Å². The van der Waals surface area contributed by atoms with Crippen LogP contribution in [0.1, 0.15) is 66.2 Å². The van der Waals surface area contributed by atoms with E-state index in [0.29, 0.717) is 17.9 Å². The molecule has 0 unspecified atom stereocenters. The van der Waals surface area contributed by atoms with Gasteiger partial charge in [0.15, 0.2) is 0 Å². The van der Waals surface area contributed by atoms with E-state index in [0.717, 1.165) is 38.5 Å². The van der Waals surface area contributed by atoms with Gasteiger partial charge in [0.1, 0.15) is 0 Å². The molecular weight excluding hydrogens is 272 g/mol. The largest absolute Gasteiger partial charge is 0.389 e. The van der Waals surface area contributed by atoms with E-state index in [2.05, 4.69) is 40.3 Å². The molecule has 0 radical (unpaired) electrons. The van der Waals surface area contributed by atoms with Crippen LogP contribution in [-0.4, -0.2) is 22.4 Å². The standard InChI is InChI=1S/C20H32O2/c1-13(2)16-8-9-19(5)18(22-19)7-6-14(3)11-20(21)12-15(4)17(20)10-16/h10,13-14,17-18,21H,4,6-9,11-12H2,1-3,5H3/b16-10+/t14-,17-,18-,19+,20+/m0/s1. The van der Waals surface area contributed by atoms with Gasteiger partial charge in [-0.3, -0.25) is 0 Å². The van der Waals surface area contributed by atoms with E-state index in [-0.39, 0.29) is 11.5 Å². The monoisotopic (exact) mass is 304 g/mol. The summed E-state index contributed by atoms with van der Waals surface area (Å²) in [5.74, 6) is 1.23. The predicted octanol–water partition coefficient (Wildman–Crippen LogP) is 4.63. The molecule has 2 fully saturated rings. The SMILES string of the molecule is C=C1C[C@]2(O)C[C@@H](C)CC[C@@H]3O[C@]3(C)CC/C(C(C)C)=C\[C@@H]12. The van der Waals surface area contributed by atoms with E-state index in [1.54, 1.807) is 0 Å². The maximum absolute atomic E-state index is 11.0. The summed E-state index contributed by atoms with van der Waals surface area (Å²) in [7, 11) is 0. The molecule has 1 saturated carbocycles. The zero-order valence-electron chi connectivity index (χ0n) is 14.7. The van der Waals surface area contributed by atoms with Gasteiger partial charge in [-0.25, -0.2) is 0 Å². The maximum atomic E-state index is 11.0. The van der Waals surface area contributed by atoms with E-state index >= 15 is 0 Å². The van der Waals surface area contributed by atoms with Crippen molar-refractivity contribution in [3.8, 4) is 0 Å². The Labute approximate surface area is 135 Å². The van der Waals surface area contributed by atoms with Crippen LogP contribution in [0, 0.1) is 17.8 Å². The minimum Gasteiger partial charge on any atom is -0.389 e. The average molecular weight is 304 g/mol. The van der Waals surface area contributed by atoms with E-state index < -0.39 is 5.60 Å². The molecule has 1 heterocycles. The highest BCUT2D eigenvalue weighted by molar-refractivity contribution is 5.31. The second-order valence-electron chi connectivity index (χ2n) is 8.62. The third-order valence-corrected chi connectivity index (χ3v) is 6.24. The molecule has 1 N–H and O–H groups in total. The molecule has 3 aliphatic rings. The molecule has 22 heavy (non-hydrogen) atoms. The van der Waals surface area contributed by atoms with Crippen LogP contribution in [-0.2, 0) is 4.74 Å². The molecule has 3 rings (SSSR count). The highest BCUT2D eigenvalue weighted by Gasteiger charge is 2.52. The van der Waals surface area contributed by atoms with Crippen LogP contribution in [0.5, 0.6) is 0 Å². The summed E-state index contributed by atoms with van der Waals surface area (Å²) < 4.78 is 6.00. The lowest BCUT2D eigenvalue weighted by Crippen LogP contribution is -2.49. The molecule has 2 aliphatic carbocycles. The topological polar surface area (TPSA) is 32.8 Å². The fraction of sp³-hybridized carbons (Fsp3) is 0.800. The van der Waals surface area contributed by atoms with Crippen molar-refractivity contribution < 1.29 is 9.84 Å². The van der Waals surface area contributed by atoms with Gasteiger partial charge in [0.05, 0.1) is 17.3 Å². The second-order valence-corrected chi connectivity index (χ2v) is 8.62. The number of allylic oxidation sites excluding steroid dienone is 1. The Hall–Kier alpha value is -0.600. The first-order chi connectivity index (χ1) is 10.2. The Balaban J connectivity index is 1.85. The zero-order chi connectivity index (χ0) is 16.1. The van der Waals surface area contributed by atoms with Gasteiger partial charge >= 0.3 is 0 Å². The minimum absolute atomic E-state index is 0.0970. The first-order valence-corrected chi connectivity index (χ1v) is 9.02.